The number of hydrogen-bond donors (Lipinski definition) is 2. The number of rotatable bonds is 5. The van der Waals surface area contributed by atoms with Crippen LogP contribution in [0.5, 0.6) is 5.75 Å². The molecule has 114 valence electrons. The smallest absolute Gasteiger partial charge is 0.234 e. The minimum absolute atomic E-state index is 0.00917. The van der Waals surface area contributed by atoms with Crippen LogP contribution in [0.25, 0.3) is 0 Å². The number of ether oxygens (including phenoxy) is 1. The number of likely N-dealkylation sites (tertiary alicyclic amines) is 1. The Morgan fingerprint density at radius 1 is 1.43 bits per heavy atom. The number of nitrogens with zero attached hydrogens (tertiary/aromatic N) is 1. The molecular weight excluding hydrogens is 268 g/mol. The van der Waals surface area contributed by atoms with Gasteiger partial charge in [0.1, 0.15) is 11.9 Å². The van der Waals surface area contributed by atoms with Gasteiger partial charge in [0, 0.05) is 12.5 Å². The second kappa shape index (κ2) is 6.45. The predicted octanol–water partition coefficient (Wildman–Crippen LogP) is 0.563. The van der Waals surface area contributed by atoms with Crippen molar-refractivity contribution in [1.29, 1.82) is 0 Å². The molecular formula is C16H22N2O3. The second-order valence-corrected chi connectivity index (χ2v) is 5.80. The molecule has 0 bridgehead atoms. The van der Waals surface area contributed by atoms with E-state index in [4.69, 9.17) is 4.74 Å². The number of aliphatic hydroxyl groups excluding tert-OH is 1. The van der Waals surface area contributed by atoms with Gasteiger partial charge in [-0.15, -0.1) is 0 Å². The Kier molecular flexibility index (Phi) is 4.41. The van der Waals surface area contributed by atoms with E-state index in [-0.39, 0.29) is 24.7 Å². The van der Waals surface area contributed by atoms with Crippen molar-refractivity contribution in [3.63, 3.8) is 0 Å². The third-order valence-corrected chi connectivity index (χ3v) is 4.30. The number of aliphatic hydroxyl groups is 1. The summed E-state index contributed by atoms with van der Waals surface area (Å²) in [4.78, 5) is 14.1. The Labute approximate surface area is 124 Å². The van der Waals surface area contributed by atoms with Crippen LogP contribution in [0.15, 0.2) is 24.3 Å². The molecule has 0 saturated carbocycles. The first-order chi connectivity index (χ1) is 10.3. The quantitative estimate of drug-likeness (QED) is 0.832. The molecule has 2 atom stereocenters. The highest BCUT2D eigenvalue weighted by atomic mass is 16.5. The van der Waals surface area contributed by atoms with E-state index in [2.05, 4.69) is 16.3 Å². The zero-order valence-electron chi connectivity index (χ0n) is 12.1. The lowest BCUT2D eigenvalue weighted by atomic mass is 10.1. The molecule has 1 saturated heterocycles. The van der Waals surface area contributed by atoms with Crippen molar-refractivity contribution in [3.05, 3.63) is 29.8 Å². The number of nitrogens with one attached hydrogen (secondary N) is 1. The lowest BCUT2D eigenvalue weighted by molar-refractivity contribution is -0.122. The molecule has 2 heterocycles. The Hall–Kier alpha value is -1.59. The zero-order chi connectivity index (χ0) is 14.7. The van der Waals surface area contributed by atoms with Crippen LogP contribution in [-0.2, 0) is 11.2 Å². The Morgan fingerprint density at radius 3 is 3.10 bits per heavy atom. The van der Waals surface area contributed by atoms with E-state index in [1.54, 1.807) is 0 Å². The van der Waals surface area contributed by atoms with Crippen LogP contribution in [0.3, 0.4) is 0 Å². The lowest BCUT2D eigenvalue weighted by Gasteiger charge is -2.22. The molecule has 2 unspecified atom stereocenters. The zero-order valence-corrected chi connectivity index (χ0v) is 12.1. The fourth-order valence-corrected chi connectivity index (χ4v) is 3.15. The van der Waals surface area contributed by atoms with Gasteiger partial charge in [0.15, 0.2) is 0 Å². The Balaban J connectivity index is 1.43. The van der Waals surface area contributed by atoms with Gasteiger partial charge >= 0.3 is 0 Å². The van der Waals surface area contributed by atoms with E-state index in [1.165, 1.54) is 5.56 Å². The highest BCUT2D eigenvalue weighted by Gasteiger charge is 2.26. The van der Waals surface area contributed by atoms with Crippen LogP contribution in [0.1, 0.15) is 18.4 Å². The van der Waals surface area contributed by atoms with Crippen LogP contribution in [0, 0.1) is 0 Å². The van der Waals surface area contributed by atoms with Crippen molar-refractivity contribution in [2.75, 3.05) is 26.2 Å². The van der Waals surface area contributed by atoms with Crippen LogP contribution >= 0.6 is 0 Å². The third kappa shape index (κ3) is 3.36. The molecule has 5 heteroatoms. The van der Waals surface area contributed by atoms with E-state index in [1.807, 2.05) is 18.2 Å². The molecule has 1 amide bonds. The normalized spacial score (nSPS) is 24.6. The second-order valence-electron chi connectivity index (χ2n) is 5.80. The van der Waals surface area contributed by atoms with Crippen molar-refractivity contribution >= 4 is 5.91 Å². The number of para-hydroxylation sites is 1. The summed E-state index contributed by atoms with van der Waals surface area (Å²) in [6.07, 6.45) is 2.91. The summed E-state index contributed by atoms with van der Waals surface area (Å²) < 4.78 is 5.80. The summed E-state index contributed by atoms with van der Waals surface area (Å²) in [5.41, 5.74) is 1.21. The fourth-order valence-electron chi connectivity index (χ4n) is 3.15. The highest BCUT2D eigenvalue weighted by molar-refractivity contribution is 5.78. The Morgan fingerprint density at radius 2 is 2.29 bits per heavy atom. The van der Waals surface area contributed by atoms with Crippen molar-refractivity contribution in [2.45, 2.75) is 31.4 Å². The standard InChI is InChI=1S/C16H22N2O3/c19-11-13-5-3-7-18(13)10-16(20)17-9-14-8-12-4-1-2-6-15(12)21-14/h1-2,4,6,13-14,19H,3,5,7-11H2,(H,17,20). The highest BCUT2D eigenvalue weighted by Crippen LogP contribution is 2.27. The van der Waals surface area contributed by atoms with Crippen molar-refractivity contribution in [3.8, 4) is 5.75 Å². The molecule has 2 aliphatic rings. The third-order valence-electron chi connectivity index (χ3n) is 4.30. The number of carbonyl (C=O) groups is 1. The van der Waals surface area contributed by atoms with Gasteiger partial charge in [-0.05, 0) is 31.0 Å². The van der Waals surface area contributed by atoms with Gasteiger partial charge in [-0.1, -0.05) is 18.2 Å². The molecule has 5 nitrogen and oxygen atoms in total. The molecule has 0 aromatic heterocycles. The maximum atomic E-state index is 12.0. The molecule has 2 N–H and O–H groups in total. The summed E-state index contributed by atoms with van der Waals surface area (Å²) in [6, 6.07) is 8.14. The van der Waals surface area contributed by atoms with Crippen molar-refractivity contribution < 1.29 is 14.6 Å². The maximum absolute atomic E-state index is 12.0. The van der Waals surface area contributed by atoms with Crippen molar-refractivity contribution in [2.24, 2.45) is 0 Å². The topological polar surface area (TPSA) is 61.8 Å². The number of benzene rings is 1. The molecule has 0 aliphatic carbocycles. The molecule has 3 rings (SSSR count). The van der Waals surface area contributed by atoms with Gasteiger partial charge in [0.2, 0.25) is 5.91 Å². The van der Waals surface area contributed by atoms with Crippen LogP contribution < -0.4 is 10.1 Å². The maximum Gasteiger partial charge on any atom is 0.234 e. The van der Waals surface area contributed by atoms with E-state index in [0.717, 1.165) is 31.6 Å². The molecule has 1 aromatic rings. The summed E-state index contributed by atoms with van der Waals surface area (Å²) in [7, 11) is 0. The van der Waals surface area contributed by atoms with Crippen molar-refractivity contribution in [1.82, 2.24) is 10.2 Å². The fraction of sp³-hybridized carbons (Fsp3) is 0.562. The van der Waals surface area contributed by atoms with Crippen LogP contribution in [0.4, 0.5) is 0 Å². The van der Waals surface area contributed by atoms with Gasteiger partial charge in [-0.25, -0.2) is 0 Å². The first-order valence-corrected chi connectivity index (χ1v) is 7.62. The van der Waals surface area contributed by atoms with Gasteiger partial charge in [0.05, 0.1) is 19.7 Å². The van der Waals surface area contributed by atoms with E-state index >= 15 is 0 Å². The summed E-state index contributed by atoms with van der Waals surface area (Å²) in [6.45, 7) is 1.92. The molecule has 2 aliphatic heterocycles. The van der Waals surface area contributed by atoms with E-state index in [0.29, 0.717) is 13.1 Å². The first kappa shape index (κ1) is 14.4. The van der Waals surface area contributed by atoms with Gasteiger partial charge in [-0.2, -0.15) is 0 Å². The molecule has 1 aromatic carbocycles. The Bertz CT molecular complexity index is 481. The number of hydrogen-bond acceptors (Lipinski definition) is 4. The van der Waals surface area contributed by atoms with Gasteiger partial charge < -0.3 is 15.2 Å². The average molecular weight is 290 g/mol. The summed E-state index contributed by atoms with van der Waals surface area (Å²) in [5.74, 6) is 0.937. The molecule has 21 heavy (non-hydrogen) atoms. The molecule has 0 spiro atoms. The van der Waals surface area contributed by atoms with Gasteiger partial charge in [-0.3, -0.25) is 9.69 Å². The van der Waals surface area contributed by atoms with Crippen LogP contribution in [0.2, 0.25) is 0 Å². The summed E-state index contributed by atoms with van der Waals surface area (Å²) >= 11 is 0. The molecule has 0 radical (unpaired) electrons. The number of fused-ring (bicyclic) bond motifs is 1. The first-order valence-electron chi connectivity index (χ1n) is 7.62. The van der Waals surface area contributed by atoms with E-state index < -0.39 is 0 Å². The van der Waals surface area contributed by atoms with E-state index in [9.17, 15) is 9.90 Å². The number of amides is 1. The monoisotopic (exact) mass is 290 g/mol. The minimum atomic E-state index is 0.00917. The largest absolute Gasteiger partial charge is 0.488 e. The summed E-state index contributed by atoms with van der Waals surface area (Å²) in [5, 5.41) is 12.2. The minimum Gasteiger partial charge on any atom is -0.488 e. The molecule has 1 fully saturated rings. The predicted molar refractivity (Wildman–Crippen MR) is 79.3 cm³/mol. The average Bonchev–Trinajstić information content (AvgIpc) is 3.10. The number of carbonyl (C=O) groups excluding carboxylic acids is 1. The van der Waals surface area contributed by atoms with Gasteiger partial charge in [0.25, 0.3) is 0 Å². The van der Waals surface area contributed by atoms with Crippen LogP contribution in [-0.4, -0.2) is 54.3 Å². The lowest BCUT2D eigenvalue weighted by Crippen LogP contribution is -2.43. The SMILES string of the molecule is O=C(CN1CCCC1CO)NCC1Cc2ccccc2O1.